The van der Waals surface area contributed by atoms with Crippen molar-refractivity contribution in [1.82, 2.24) is 8.87 Å². The van der Waals surface area contributed by atoms with Crippen LogP contribution in [-0.4, -0.2) is 63.7 Å². The van der Waals surface area contributed by atoms with Gasteiger partial charge in [-0.3, -0.25) is 4.79 Å². The van der Waals surface area contributed by atoms with E-state index in [0.29, 0.717) is 59.8 Å². The van der Waals surface area contributed by atoms with Crippen molar-refractivity contribution in [2.75, 3.05) is 40.5 Å². The van der Waals surface area contributed by atoms with Crippen LogP contribution in [0.4, 0.5) is 0 Å². The topological polar surface area (TPSA) is 99.4 Å². The fraction of sp³-hybridized carbons (Fsp3) is 0.478. The van der Waals surface area contributed by atoms with E-state index in [4.69, 9.17) is 25.8 Å². The number of thiophene rings is 1. The number of amides is 1. The van der Waals surface area contributed by atoms with Gasteiger partial charge in [-0.05, 0) is 31.9 Å². The number of hydrogen-bond donors (Lipinski definition) is 0. The molecule has 1 atom stereocenters. The van der Waals surface area contributed by atoms with Gasteiger partial charge in [-0.1, -0.05) is 22.9 Å². The summed E-state index contributed by atoms with van der Waals surface area (Å²) in [4.78, 5) is 18.3. The summed E-state index contributed by atoms with van der Waals surface area (Å²) in [6.07, 6.45) is 1.15. The number of ether oxygens (including phenoxy) is 3. The molecule has 0 N–H and O–H groups in total. The predicted octanol–water partition coefficient (Wildman–Crippen LogP) is 4.00. The Morgan fingerprint density at radius 2 is 1.94 bits per heavy atom. The van der Waals surface area contributed by atoms with E-state index in [-0.39, 0.29) is 16.7 Å². The highest BCUT2D eigenvalue weighted by atomic mass is 35.5. The monoisotopic (exact) mass is 573 g/mol. The number of halogens is 1. The molecule has 1 amide bonds. The number of aromatic nitrogens is 1. The van der Waals surface area contributed by atoms with Gasteiger partial charge in [0.1, 0.15) is 4.21 Å². The fourth-order valence-corrected chi connectivity index (χ4v) is 8.34. The van der Waals surface area contributed by atoms with Crippen LogP contribution in [0.5, 0.6) is 11.5 Å². The molecule has 1 aliphatic rings. The summed E-state index contributed by atoms with van der Waals surface area (Å²) < 4.78 is 47.3. The molecule has 1 aliphatic heterocycles. The second-order valence-electron chi connectivity index (χ2n) is 8.12. The van der Waals surface area contributed by atoms with E-state index >= 15 is 0 Å². The maximum Gasteiger partial charge on any atom is 0.252 e. The van der Waals surface area contributed by atoms with Crippen molar-refractivity contribution < 1.29 is 27.4 Å². The van der Waals surface area contributed by atoms with Crippen LogP contribution in [-0.2, 0) is 26.1 Å². The number of nitrogens with zero attached hydrogens (tertiary/aromatic N) is 3. The van der Waals surface area contributed by atoms with E-state index in [1.807, 2.05) is 23.6 Å². The van der Waals surface area contributed by atoms with Crippen LogP contribution in [0.15, 0.2) is 33.5 Å². The van der Waals surface area contributed by atoms with Crippen molar-refractivity contribution in [3.05, 3.63) is 33.4 Å². The van der Waals surface area contributed by atoms with Crippen LogP contribution in [0, 0.1) is 5.92 Å². The first-order valence-corrected chi connectivity index (χ1v) is 14.9. The number of piperidine rings is 1. The molecule has 0 aliphatic carbocycles. The Morgan fingerprint density at radius 1 is 1.19 bits per heavy atom. The Morgan fingerprint density at radius 3 is 2.61 bits per heavy atom. The lowest BCUT2D eigenvalue weighted by Gasteiger charge is -2.29. The molecule has 36 heavy (non-hydrogen) atoms. The Labute approximate surface area is 222 Å². The van der Waals surface area contributed by atoms with E-state index in [2.05, 4.69) is 4.99 Å². The Kier molecular flexibility index (Phi) is 8.74. The Hall–Kier alpha value is -1.96. The number of hydrogen-bond acceptors (Lipinski definition) is 8. The number of methoxy groups -OCH3 is 2. The van der Waals surface area contributed by atoms with E-state index in [1.54, 1.807) is 20.3 Å². The predicted molar refractivity (Wildman–Crippen MR) is 141 cm³/mol. The van der Waals surface area contributed by atoms with Crippen molar-refractivity contribution in [3.63, 3.8) is 0 Å². The number of fused-ring (bicyclic) bond motifs is 1. The SMILES string of the molecule is CCOCCn1c(=NC(=O)C2CCCN(S(=O)(=O)c3ccc(Cl)s3)C2)sc2cc(OC)c(OC)cc21. The quantitative estimate of drug-likeness (QED) is 0.359. The van der Waals surface area contributed by atoms with Gasteiger partial charge < -0.3 is 18.8 Å². The highest BCUT2D eigenvalue weighted by Gasteiger charge is 2.34. The van der Waals surface area contributed by atoms with E-state index in [1.165, 1.54) is 21.7 Å². The Balaban J connectivity index is 1.66. The summed E-state index contributed by atoms with van der Waals surface area (Å²) in [5, 5.41) is 0. The van der Waals surface area contributed by atoms with Crippen molar-refractivity contribution in [3.8, 4) is 11.5 Å². The number of carbonyl (C=O) groups excluding carboxylic acids is 1. The molecule has 1 saturated heterocycles. The molecule has 13 heteroatoms. The van der Waals surface area contributed by atoms with Crippen LogP contribution in [0.3, 0.4) is 0 Å². The molecule has 0 radical (unpaired) electrons. The van der Waals surface area contributed by atoms with Gasteiger partial charge in [-0.25, -0.2) is 8.42 Å². The van der Waals surface area contributed by atoms with Gasteiger partial charge in [0.15, 0.2) is 16.3 Å². The molecular weight excluding hydrogens is 546 g/mol. The maximum atomic E-state index is 13.3. The standard InChI is InChI=1S/C23H28ClN3O6S3/c1-4-33-11-10-27-16-12-17(31-2)18(32-3)13-19(16)34-23(27)25-22(28)15-6-5-9-26(14-15)36(29,30)21-8-7-20(24)35-21/h7-8,12-13,15H,4-6,9-11,14H2,1-3H3. The van der Waals surface area contributed by atoms with Crippen molar-refractivity contribution >= 4 is 60.4 Å². The van der Waals surface area contributed by atoms with E-state index < -0.39 is 15.9 Å². The zero-order chi connectivity index (χ0) is 25.9. The van der Waals surface area contributed by atoms with Gasteiger partial charge in [0, 0.05) is 38.4 Å². The van der Waals surface area contributed by atoms with Gasteiger partial charge in [0.25, 0.3) is 15.9 Å². The lowest BCUT2D eigenvalue weighted by molar-refractivity contribution is -0.122. The summed E-state index contributed by atoms with van der Waals surface area (Å²) in [7, 11) is -0.569. The van der Waals surface area contributed by atoms with Crippen LogP contribution in [0.2, 0.25) is 4.34 Å². The lowest BCUT2D eigenvalue weighted by atomic mass is 9.99. The molecule has 3 heterocycles. The molecular formula is C23H28ClN3O6S3. The minimum absolute atomic E-state index is 0.0890. The highest BCUT2D eigenvalue weighted by molar-refractivity contribution is 7.91. The van der Waals surface area contributed by atoms with E-state index in [0.717, 1.165) is 21.6 Å². The first-order valence-electron chi connectivity index (χ1n) is 11.5. The maximum absolute atomic E-state index is 13.3. The second-order valence-corrected chi connectivity index (χ2v) is 13.0. The molecule has 4 rings (SSSR count). The van der Waals surface area contributed by atoms with Gasteiger partial charge >= 0.3 is 0 Å². The van der Waals surface area contributed by atoms with E-state index in [9.17, 15) is 13.2 Å². The summed E-state index contributed by atoms with van der Waals surface area (Å²) in [6, 6.07) is 6.79. The third-order valence-corrected chi connectivity index (χ3v) is 10.5. The van der Waals surface area contributed by atoms with Crippen molar-refractivity contribution in [2.45, 2.75) is 30.5 Å². The van der Waals surface area contributed by atoms with Gasteiger partial charge in [0.2, 0.25) is 0 Å². The normalized spacial score (nSPS) is 17.6. The van der Waals surface area contributed by atoms with Crippen LogP contribution in [0.25, 0.3) is 10.2 Å². The highest BCUT2D eigenvalue weighted by Crippen LogP contribution is 2.34. The molecule has 1 unspecified atom stereocenters. The molecule has 1 aromatic carbocycles. The van der Waals surface area contributed by atoms with Crippen molar-refractivity contribution in [1.29, 1.82) is 0 Å². The van der Waals surface area contributed by atoms with Gasteiger partial charge in [-0.2, -0.15) is 9.30 Å². The van der Waals surface area contributed by atoms with Crippen molar-refractivity contribution in [2.24, 2.45) is 10.9 Å². The number of benzene rings is 1. The number of carbonyl (C=O) groups is 1. The molecule has 2 aromatic heterocycles. The van der Waals surface area contributed by atoms with Crippen LogP contribution >= 0.6 is 34.3 Å². The van der Waals surface area contributed by atoms with Gasteiger partial charge in [-0.15, -0.1) is 11.3 Å². The first-order chi connectivity index (χ1) is 17.3. The molecule has 3 aromatic rings. The smallest absolute Gasteiger partial charge is 0.252 e. The number of rotatable bonds is 9. The Bertz CT molecular complexity index is 1410. The molecule has 0 spiro atoms. The molecule has 0 bridgehead atoms. The molecule has 196 valence electrons. The third kappa shape index (κ3) is 5.63. The summed E-state index contributed by atoms with van der Waals surface area (Å²) in [6.45, 7) is 3.90. The number of thiazole rings is 1. The number of sulfonamides is 1. The molecule has 0 saturated carbocycles. The minimum Gasteiger partial charge on any atom is -0.493 e. The minimum atomic E-state index is -3.71. The first kappa shape index (κ1) is 27.1. The largest absolute Gasteiger partial charge is 0.493 e. The molecule has 9 nitrogen and oxygen atoms in total. The fourth-order valence-electron chi connectivity index (χ4n) is 4.11. The summed E-state index contributed by atoms with van der Waals surface area (Å²) >= 11 is 8.33. The third-order valence-electron chi connectivity index (χ3n) is 5.93. The average Bonchev–Trinajstić information content (AvgIpc) is 3.46. The lowest BCUT2D eigenvalue weighted by Crippen LogP contribution is -2.42. The van der Waals surface area contributed by atoms with Gasteiger partial charge in [0.05, 0.1) is 41.3 Å². The zero-order valence-electron chi connectivity index (χ0n) is 20.2. The van der Waals surface area contributed by atoms with Crippen LogP contribution in [0.1, 0.15) is 19.8 Å². The van der Waals surface area contributed by atoms with Crippen LogP contribution < -0.4 is 14.3 Å². The molecule has 1 fully saturated rings. The zero-order valence-corrected chi connectivity index (χ0v) is 23.4. The summed E-state index contributed by atoms with van der Waals surface area (Å²) in [5.41, 5.74) is 0.853. The summed E-state index contributed by atoms with van der Waals surface area (Å²) in [5.74, 6) is 0.295. The average molecular weight is 574 g/mol. The second kappa shape index (κ2) is 11.6.